The number of hydrogen-bond acceptors (Lipinski definition) is 3. The average molecular weight is 218 g/mol. The third-order valence-electron chi connectivity index (χ3n) is 2.52. The van der Waals surface area contributed by atoms with Gasteiger partial charge in [0.15, 0.2) is 0 Å². The molecule has 1 aliphatic heterocycles. The molecule has 14 heavy (non-hydrogen) atoms. The number of epoxide rings is 1. The lowest BCUT2D eigenvalue weighted by Gasteiger charge is -2.18. The lowest BCUT2D eigenvalue weighted by molar-refractivity contribution is -0.0312. The van der Waals surface area contributed by atoms with Gasteiger partial charge in [0.2, 0.25) is 0 Å². The second kappa shape index (κ2) is 6.56. The van der Waals surface area contributed by atoms with Crippen LogP contribution in [-0.4, -0.2) is 48.0 Å². The fraction of sp³-hybridized carbons (Fsp3) is 1.00. The van der Waals surface area contributed by atoms with Crippen molar-refractivity contribution in [2.24, 2.45) is 0 Å². The van der Waals surface area contributed by atoms with E-state index in [1.54, 1.807) is 0 Å². The Kier molecular flexibility index (Phi) is 5.70. The van der Waals surface area contributed by atoms with E-state index in [-0.39, 0.29) is 6.10 Å². The van der Waals surface area contributed by atoms with Gasteiger partial charge in [0.1, 0.15) is 6.10 Å². The molecule has 84 valence electrons. The molecule has 0 N–H and O–H groups in total. The second-order valence-electron chi connectivity index (χ2n) is 3.87. The maximum absolute atomic E-state index is 5.69. The van der Waals surface area contributed by atoms with E-state index in [2.05, 4.69) is 13.8 Å². The molecule has 0 aromatic rings. The third kappa shape index (κ3) is 5.10. The molecule has 1 aliphatic rings. The molecular weight excluding hydrogens is 196 g/mol. The Hall–Kier alpha value is 0.0969. The third-order valence-corrected chi connectivity index (χ3v) is 3.67. The molecule has 0 saturated carbocycles. The summed E-state index contributed by atoms with van der Waals surface area (Å²) in [7, 11) is 1.11. The molecule has 4 heteroatoms. The summed E-state index contributed by atoms with van der Waals surface area (Å²) in [5.41, 5.74) is 0.477. The Morgan fingerprint density at radius 2 is 2.07 bits per heavy atom. The van der Waals surface area contributed by atoms with E-state index < -0.39 is 0 Å². The van der Waals surface area contributed by atoms with Gasteiger partial charge in [0.05, 0.1) is 25.9 Å². The zero-order chi connectivity index (χ0) is 10.4. The standard InChI is InChI=1S/C10H22O3Si/c1-3-8(5-13-10(14)4-2)11-6-9-7-12-9/h8-10H,3-7H2,1-2,14H3. The molecule has 0 spiro atoms. The van der Waals surface area contributed by atoms with E-state index in [4.69, 9.17) is 14.2 Å². The molecule has 1 fully saturated rings. The summed E-state index contributed by atoms with van der Waals surface area (Å²) < 4.78 is 16.5. The van der Waals surface area contributed by atoms with Crippen LogP contribution in [-0.2, 0) is 14.2 Å². The van der Waals surface area contributed by atoms with Crippen LogP contribution in [0, 0.1) is 0 Å². The van der Waals surface area contributed by atoms with Crippen molar-refractivity contribution >= 4 is 10.2 Å². The summed E-state index contributed by atoms with van der Waals surface area (Å²) in [5.74, 6) is 0. The van der Waals surface area contributed by atoms with E-state index in [1.807, 2.05) is 0 Å². The van der Waals surface area contributed by atoms with Crippen molar-refractivity contribution in [1.29, 1.82) is 0 Å². The van der Waals surface area contributed by atoms with Crippen molar-refractivity contribution in [2.45, 2.75) is 44.6 Å². The zero-order valence-corrected chi connectivity index (χ0v) is 11.5. The lowest BCUT2D eigenvalue weighted by Crippen LogP contribution is -2.25. The van der Waals surface area contributed by atoms with E-state index in [0.29, 0.717) is 11.8 Å². The largest absolute Gasteiger partial charge is 0.380 e. The van der Waals surface area contributed by atoms with Gasteiger partial charge in [-0.15, -0.1) is 0 Å². The minimum absolute atomic E-state index is 0.252. The van der Waals surface area contributed by atoms with Gasteiger partial charge in [0.25, 0.3) is 0 Å². The second-order valence-corrected chi connectivity index (χ2v) is 5.16. The van der Waals surface area contributed by atoms with Crippen LogP contribution in [0.2, 0.25) is 0 Å². The molecular formula is C10H22O3Si. The topological polar surface area (TPSA) is 31.0 Å². The first-order valence-electron chi connectivity index (χ1n) is 5.61. The highest BCUT2D eigenvalue weighted by molar-refractivity contribution is 6.10. The smallest absolute Gasteiger partial charge is 0.104 e. The summed E-state index contributed by atoms with van der Waals surface area (Å²) in [6, 6.07) is 0. The Morgan fingerprint density at radius 1 is 1.36 bits per heavy atom. The molecule has 1 rings (SSSR count). The summed E-state index contributed by atoms with van der Waals surface area (Å²) in [4.78, 5) is 0. The van der Waals surface area contributed by atoms with Crippen LogP contribution in [0.3, 0.4) is 0 Å². The SMILES string of the molecule is CCC([SiH3])OCC(CC)OCC1CO1. The van der Waals surface area contributed by atoms with E-state index >= 15 is 0 Å². The van der Waals surface area contributed by atoms with Gasteiger partial charge in [-0.1, -0.05) is 13.8 Å². The molecule has 0 radical (unpaired) electrons. The van der Waals surface area contributed by atoms with Gasteiger partial charge < -0.3 is 14.2 Å². The van der Waals surface area contributed by atoms with Gasteiger partial charge >= 0.3 is 0 Å². The lowest BCUT2D eigenvalue weighted by atomic mass is 10.3. The Morgan fingerprint density at radius 3 is 2.57 bits per heavy atom. The van der Waals surface area contributed by atoms with Crippen molar-refractivity contribution < 1.29 is 14.2 Å². The minimum atomic E-state index is 0.252. The average Bonchev–Trinajstić information content (AvgIpc) is 3.01. The normalized spacial score (nSPS) is 24.9. The summed E-state index contributed by atoms with van der Waals surface area (Å²) >= 11 is 0. The van der Waals surface area contributed by atoms with Crippen LogP contribution in [0.5, 0.6) is 0 Å². The first-order valence-corrected chi connectivity index (χ1v) is 6.76. The first kappa shape index (κ1) is 12.2. The van der Waals surface area contributed by atoms with Gasteiger partial charge in [-0.05, 0) is 12.8 Å². The van der Waals surface area contributed by atoms with Crippen LogP contribution >= 0.6 is 0 Å². The van der Waals surface area contributed by atoms with Crippen molar-refractivity contribution in [3.63, 3.8) is 0 Å². The van der Waals surface area contributed by atoms with Gasteiger partial charge in [-0.25, -0.2) is 0 Å². The predicted molar refractivity (Wildman–Crippen MR) is 59.7 cm³/mol. The van der Waals surface area contributed by atoms with E-state index in [0.717, 1.165) is 42.9 Å². The highest BCUT2D eigenvalue weighted by Crippen LogP contribution is 2.11. The van der Waals surface area contributed by atoms with Crippen molar-refractivity contribution in [3.8, 4) is 0 Å². The fourth-order valence-electron chi connectivity index (χ4n) is 1.08. The van der Waals surface area contributed by atoms with Crippen LogP contribution in [0.15, 0.2) is 0 Å². The molecule has 0 aliphatic carbocycles. The van der Waals surface area contributed by atoms with Crippen molar-refractivity contribution in [3.05, 3.63) is 0 Å². The summed E-state index contributed by atoms with van der Waals surface area (Å²) in [5, 5.41) is 0. The van der Waals surface area contributed by atoms with Crippen LogP contribution in [0.25, 0.3) is 0 Å². The predicted octanol–water partition coefficient (Wildman–Crippen LogP) is 0.298. The molecule has 1 heterocycles. The quantitative estimate of drug-likeness (QED) is 0.434. The minimum Gasteiger partial charge on any atom is -0.380 e. The molecule has 3 atom stereocenters. The van der Waals surface area contributed by atoms with Crippen LogP contribution < -0.4 is 0 Å². The zero-order valence-electron chi connectivity index (χ0n) is 9.49. The van der Waals surface area contributed by atoms with Gasteiger partial charge in [-0.2, -0.15) is 0 Å². The summed E-state index contributed by atoms with van der Waals surface area (Å²) in [6.07, 6.45) is 2.75. The monoisotopic (exact) mass is 218 g/mol. The van der Waals surface area contributed by atoms with Gasteiger partial charge in [0, 0.05) is 16.0 Å². The van der Waals surface area contributed by atoms with E-state index in [9.17, 15) is 0 Å². The molecule has 3 unspecified atom stereocenters. The Bertz CT molecular complexity index is 150. The highest BCUT2D eigenvalue weighted by atomic mass is 28.1. The molecule has 0 aromatic carbocycles. The maximum Gasteiger partial charge on any atom is 0.104 e. The first-order chi connectivity index (χ1) is 6.76. The number of ether oxygens (including phenoxy) is 3. The molecule has 0 bridgehead atoms. The number of rotatable bonds is 8. The molecule has 0 aromatic heterocycles. The maximum atomic E-state index is 5.69. The molecule has 3 nitrogen and oxygen atoms in total. The Balaban J connectivity index is 2.03. The molecule has 0 amide bonds. The molecule has 1 saturated heterocycles. The van der Waals surface area contributed by atoms with Crippen LogP contribution in [0.1, 0.15) is 26.7 Å². The fourth-order valence-corrected chi connectivity index (χ4v) is 1.27. The Labute approximate surface area is 89.5 Å². The van der Waals surface area contributed by atoms with Crippen molar-refractivity contribution in [2.75, 3.05) is 19.8 Å². The van der Waals surface area contributed by atoms with Gasteiger partial charge in [-0.3, -0.25) is 0 Å². The number of hydrogen-bond donors (Lipinski definition) is 0. The highest BCUT2D eigenvalue weighted by Gasteiger charge is 2.24. The summed E-state index contributed by atoms with van der Waals surface area (Å²) in [6.45, 7) is 6.65. The van der Waals surface area contributed by atoms with Crippen molar-refractivity contribution in [1.82, 2.24) is 0 Å². The van der Waals surface area contributed by atoms with Crippen LogP contribution in [0.4, 0.5) is 0 Å². The van der Waals surface area contributed by atoms with E-state index in [1.165, 1.54) is 0 Å².